The molecule has 5 rings (SSSR count). The number of likely N-dealkylation sites (tertiary alicyclic amines) is 2. The van der Waals surface area contributed by atoms with Gasteiger partial charge in [-0.1, -0.05) is 49.9 Å². The van der Waals surface area contributed by atoms with Crippen LogP contribution in [0.2, 0.25) is 5.02 Å². The number of carbonyl (C=O) groups excluding carboxylic acids is 2. The highest BCUT2D eigenvalue weighted by atomic mass is 35.5. The van der Waals surface area contributed by atoms with E-state index in [-0.39, 0.29) is 28.9 Å². The zero-order valence-electron chi connectivity index (χ0n) is 23.6. The molecule has 4 fully saturated rings. The molecule has 1 aromatic rings. The molecule has 210 valence electrons. The quantitative estimate of drug-likeness (QED) is 0.429. The van der Waals surface area contributed by atoms with Crippen molar-refractivity contribution in [3.63, 3.8) is 0 Å². The van der Waals surface area contributed by atoms with Crippen LogP contribution in [0.3, 0.4) is 0 Å². The highest BCUT2D eigenvalue weighted by Crippen LogP contribution is 2.48. The summed E-state index contributed by atoms with van der Waals surface area (Å²) in [5.41, 5.74) is 1.01. The molecule has 3 heterocycles. The smallest absolute Gasteiger partial charge is 0.410 e. The van der Waals surface area contributed by atoms with Crippen LogP contribution >= 0.6 is 11.6 Å². The van der Waals surface area contributed by atoms with Gasteiger partial charge in [0.2, 0.25) is 5.91 Å². The minimum atomic E-state index is -0.273. The van der Waals surface area contributed by atoms with Gasteiger partial charge in [-0.3, -0.25) is 9.69 Å². The van der Waals surface area contributed by atoms with E-state index in [1.165, 1.54) is 37.7 Å². The fourth-order valence-electron chi connectivity index (χ4n) is 7.70. The van der Waals surface area contributed by atoms with Crippen LogP contribution in [-0.4, -0.2) is 78.1 Å². The lowest BCUT2D eigenvalue weighted by atomic mass is 9.63. The van der Waals surface area contributed by atoms with Gasteiger partial charge in [-0.25, -0.2) is 4.79 Å². The third-order valence-corrected chi connectivity index (χ3v) is 10.5. The summed E-state index contributed by atoms with van der Waals surface area (Å²) >= 11 is 6.19. The molecule has 3 aliphatic heterocycles. The monoisotopic (exact) mass is 543 g/mol. The predicted octanol–water partition coefficient (Wildman–Crippen LogP) is 6.19. The minimum Gasteiger partial charge on any atom is -0.447 e. The van der Waals surface area contributed by atoms with Crippen LogP contribution < -0.4 is 0 Å². The summed E-state index contributed by atoms with van der Waals surface area (Å²) in [6, 6.07) is 8.11. The van der Waals surface area contributed by atoms with Crippen molar-refractivity contribution in [1.29, 1.82) is 0 Å². The first-order valence-electron chi connectivity index (χ1n) is 14.9. The molecule has 1 aliphatic carbocycles. The van der Waals surface area contributed by atoms with Gasteiger partial charge in [-0.05, 0) is 88.1 Å². The van der Waals surface area contributed by atoms with E-state index >= 15 is 0 Å². The normalized spacial score (nSPS) is 28.4. The number of piperidine rings is 2. The van der Waals surface area contributed by atoms with E-state index in [4.69, 9.17) is 16.3 Å². The van der Waals surface area contributed by atoms with E-state index < -0.39 is 0 Å². The zero-order chi connectivity index (χ0) is 26.9. The summed E-state index contributed by atoms with van der Waals surface area (Å²) in [7, 11) is 0. The topological polar surface area (TPSA) is 53.1 Å². The predicted molar refractivity (Wildman–Crippen MR) is 151 cm³/mol. The second-order valence-corrected chi connectivity index (χ2v) is 13.4. The molecule has 3 saturated heterocycles. The summed E-state index contributed by atoms with van der Waals surface area (Å²) in [6.45, 7) is 12.1. The number of cyclic esters (lactones) is 1. The van der Waals surface area contributed by atoms with E-state index in [0.717, 1.165) is 63.6 Å². The molecule has 0 radical (unpaired) electrons. The fourth-order valence-corrected chi connectivity index (χ4v) is 7.83. The number of rotatable bonds is 6. The van der Waals surface area contributed by atoms with Crippen LogP contribution in [0.15, 0.2) is 24.3 Å². The maximum absolute atomic E-state index is 14.1. The van der Waals surface area contributed by atoms with E-state index in [1.807, 2.05) is 17.0 Å². The summed E-state index contributed by atoms with van der Waals surface area (Å²) in [5.74, 6) is 1.14. The third-order valence-electron chi connectivity index (χ3n) is 10.3. The number of hydrogen-bond acceptors (Lipinski definition) is 4. The van der Waals surface area contributed by atoms with Crippen LogP contribution in [0, 0.1) is 17.3 Å². The van der Waals surface area contributed by atoms with Gasteiger partial charge in [-0.15, -0.1) is 0 Å². The fraction of sp³-hybridized carbons (Fsp3) is 0.742. The van der Waals surface area contributed by atoms with Crippen molar-refractivity contribution in [3.8, 4) is 0 Å². The Balaban J connectivity index is 1.32. The van der Waals surface area contributed by atoms with Crippen LogP contribution in [-0.2, 0) is 9.53 Å². The summed E-state index contributed by atoms with van der Waals surface area (Å²) < 4.78 is 5.48. The van der Waals surface area contributed by atoms with Gasteiger partial charge < -0.3 is 14.5 Å². The lowest BCUT2D eigenvalue weighted by molar-refractivity contribution is -0.141. The van der Waals surface area contributed by atoms with Gasteiger partial charge >= 0.3 is 6.09 Å². The van der Waals surface area contributed by atoms with Crippen LogP contribution in [0.1, 0.15) is 83.6 Å². The zero-order valence-corrected chi connectivity index (χ0v) is 24.3. The lowest BCUT2D eigenvalue weighted by Gasteiger charge is -2.51. The van der Waals surface area contributed by atoms with Crippen molar-refractivity contribution in [2.75, 3.05) is 45.9 Å². The number of nitrogens with zero attached hydrogens (tertiary/aromatic N) is 3. The first kappa shape index (κ1) is 27.8. The maximum Gasteiger partial charge on any atom is 0.410 e. The highest BCUT2D eigenvalue weighted by Gasteiger charge is 2.50. The highest BCUT2D eigenvalue weighted by molar-refractivity contribution is 6.30. The van der Waals surface area contributed by atoms with Crippen LogP contribution in [0.4, 0.5) is 4.79 Å². The average molecular weight is 544 g/mol. The Bertz CT molecular complexity index is 983. The van der Waals surface area contributed by atoms with Gasteiger partial charge in [0.25, 0.3) is 0 Å². The lowest BCUT2D eigenvalue weighted by Crippen LogP contribution is -2.56. The molecule has 0 bridgehead atoms. The second-order valence-electron chi connectivity index (χ2n) is 12.9. The molecule has 4 aliphatic rings. The Morgan fingerprint density at radius 3 is 2.32 bits per heavy atom. The Morgan fingerprint density at radius 2 is 1.71 bits per heavy atom. The number of halogens is 1. The number of benzene rings is 1. The molecule has 38 heavy (non-hydrogen) atoms. The standard InChI is InChI=1S/C31H46ClN3O3/c1-4-33-17-14-26(27(20-33)23-10-12-25(32)13-11-23)28(36)34-18-15-31(16-19-34,24-8-6-5-7-9-24)21-35-29(37)38-22-30(35,2)3/h10-13,24,26-27H,4-9,14-22H2,1-3H3. The van der Waals surface area contributed by atoms with E-state index in [0.29, 0.717) is 18.4 Å². The molecule has 0 aromatic heterocycles. The maximum atomic E-state index is 14.1. The van der Waals surface area contributed by atoms with Gasteiger partial charge in [0.15, 0.2) is 0 Å². The molecule has 2 atom stereocenters. The molecule has 0 N–H and O–H groups in total. The summed E-state index contributed by atoms with van der Waals surface area (Å²) in [5, 5.41) is 0.736. The Labute approximate surface area is 234 Å². The largest absolute Gasteiger partial charge is 0.447 e. The van der Waals surface area contributed by atoms with E-state index in [1.54, 1.807) is 0 Å². The Kier molecular flexibility index (Phi) is 8.31. The molecule has 6 nitrogen and oxygen atoms in total. The van der Waals surface area contributed by atoms with Crippen molar-refractivity contribution in [1.82, 2.24) is 14.7 Å². The van der Waals surface area contributed by atoms with Crippen molar-refractivity contribution in [2.45, 2.75) is 83.6 Å². The molecule has 1 aromatic carbocycles. The number of carbonyl (C=O) groups is 2. The first-order valence-corrected chi connectivity index (χ1v) is 15.3. The summed E-state index contributed by atoms with van der Waals surface area (Å²) in [6.07, 6.45) is 9.04. The number of hydrogen-bond donors (Lipinski definition) is 0. The van der Waals surface area contributed by atoms with Gasteiger partial charge in [-0.2, -0.15) is 0 Å². The van der Waals surface area contributed by atoms with Crippen molar-refractivity contribution in [3.05, 3.63) is 34.9 Å². The SMILES string of the molecule is CCN1CCC(C(=O)N2CCC(CN3C(=O)OCC3(C)C)(C3CCCCC3)CC2)C(c2ccc(Cl)cc2)C1. The third kappa shape index (κ3) is 5.58. The van der Waals surface area contributed by atoms with Crippen molar-refractivity contribution >= 4 is 23.6 Å². The second kappa shape index (κ2) is 11.4. The summed E-state index contributed by atoms with van der Waals surface area (Å²) in [4.78, 5) is 33.4. The number of amides is 2. The van der Waals surface area contributed by atoms with Crippen molar-refractivity contribution < 1.29 is 14.3 Å². The Hall–Kier alpha value is -1.79. The van der Waals surface area contributed by atoms with E-state index in [9.17, 15) is 9.59 Å². The number of likely N-dealkylation sites (N-methyl/N-ethyl adjacent to an activating group) is 1. The minimum absolute atomic E-state index is 0.00801. The molecular formula is C31H46ClN3O3. The van der Waals surface area contributed by atoms with Crippen LogP contribution in [0.5, 0.6) is 0 Å². The average Bonchev–Trinajstić information content (AvgIpc) is 3.20. The molecule has 0 spiro atoms. The van der Waals surface area contributed by atoms with Gasteiger partial charge in [0.1, 0.15) is 6.61 Å². The van der Waals surface area contributed by atoms with Gasteiger partial charge in [0, 0.05) is 43.0 Å². The molecule has 7 heteroatoms. The number of ether oxygens (including phenoxy) is 1. The molecule has 1 saturated carbocycles. The van der Waals surface area contributed by atoms with Crippen molar-refractivity contribution in [2.24, 2.45) is 17.3 Å². The molecule has 2 amide bonds. The van der Waals surface area contributed by atoms with Gasteiger partial charge in [0.05, 0.1) is 5.54 Å². The Morgan fingerprint density at radius 1 is 1.03 bits per heavy atom. The van der Waals surface area contributed by atoms with Crippen LogP contribution in [0.25, 0.3) is 0 Å². The molecule has 2 unspecified atom stereocenters. The first-order chi connectivity index (χ1) is 18.2. The van der Waals surface area contributed by atoms with E-state index in [2.05, 4.69) is 42.7 Å². The molecular weight excluding hydrogens is 498 g/mol.